The smallest absolute Gasteiger partial charge is 0.312 e. The second kappa shape index (κ2) is 9.25. The number of nitrogens with one attached hydrogen (secondary N) is 1. The summed E-state index contributed by atoms with van der Waals surface area (Å²) in [6.45, 7) is 2.60. The standard InChI is InChI=1S/C20H24ClN3O2/c1-3-14-8-10-15(11-9-14)13-24(2)19(25)12-18(23-20(22)26)16-6-4-5-7-17(16)21/h4-11,18H,3,12-13H2,1-2H3,(H3,22,23,26). The Morgan fingerprint density at radius 1 is 1.12 bits per heavy atom. The number of rotatable bonds is 7. The maximum Gasteiger partial charge on any atom is 0.312 e. The van der Waals surface area contributed by atoms with Crippen molar-refractivity contribution in [1.29, 1.82) is 0 Å². The maximum atomic E-state index is 12.6. The first kappa shape index (κ1) is 19.8. The average molecular weight is 374 g/mol. The highest BCUT2D eigenvalue weighted by Gasteiger charge is 2.21. The molecule has 2 aromatic rings. The van der Waals surface area contributed by atoms with Gasteiger partial charge in [-0.15, -0.1) is 0 Å². The summed E-state index contributed by atoms with van der Waals surface area (Å²) in [5.74, 6) is -0.108. The first-order chi connectivity index (χ1) is 12.4. The topological polar surface area (TPSA) is 75.4 Å². The van der Waals surface area contributed by atoms with Crippen LogP contribution in [0.2, 0.25) is 5.02 Å². The Bertz CT molecular complexity index is 762. The summed E-state index contributed by atoms with van der Waals surface area (Å²) in [6.07, 6.45) is 1.06. The molecule has 6 heteroatoms. The summed E-state index contributed by atoms with van der Waals surface area (Å²) in [7, 11) is 1.74. The number of nitrogens with two attached hydrogens (primary N) is 1. The molecule has 0 aliphatic rings. The Kier molecular flexibility index (Phi) is 7.04. The molecule has 138 valence electrons. The molecule has 0 spiro atoms. The minimum absolute atomic E-state index is 0.0796. The van der Waals surface area contributed by atoms with Gasteiger partial charge in [0, 0.05) is 18.6 Å². The Hall–Kier alpha value is -2.53. The zero-order valence-electron chi connectivity index (χ0n) is 15.0. The zero-order valence-corrected chi connectivity index (χ0v) is 15.8. The number of carbonyl (C=O) groups excluding carboxylic acids is 2. The number of aryl methyl sites for hydroxylation is 1. The van der Waals surface area contributed by atoms with Crippen LogP contribution in [0.1, 0.15) is 36.1 Å². The lowest BCUT2D eigenvalue weighted by Crippen LogP contribution is -2.37. The SMILES string of the molecule is CCc1ccc(CN(C)C(=O)CC(NC(N)=O)c2ccccc2Cl)cc1. The van der Waals surface area contributed by atoms with Gasteiger partial charge in [0.1, 0.15) is 0 Å². The molecule has 26 heavy (non-hydrogen) atoms. The van der Waals surface area contributed by atoms with Gasteiger partial charge in [-0.05, 0) is 29.2 Å². The molecule has 0 saturated carbocycles. The third kappa shape index (κ3) is 5.49. The minimum Gasteiger partial charge on any atom is -0.352 e. The summed E-state index contributed by atoms with van der Waals surface area (Å²) < 4.78 is 0. The Balaban J connectivity index is 2.07. The largest absolute Gasteiger partial charge is 0.352 e. The predicted molar refractivity (Wildman–Crippen MR) is 104 cm³/mol. The molecule has 3 amide bonds. The summed E-state index contributed by atoms with van der Waals surface area (Å²) in [4.78, 5) is 25.6. The van der Waals surface area contributed by atoms with Gasteiger partial charge in [-0.25, -0.2) is 4.79 Å². The van der Waals surface area contributed by atoms with Crippen molar-refractivity contribution in [3.63, 3.8) is 0 Å². The van der Waals surface area contributed by atoms with E-state index in [2.05, 4.69) is 24.4 Å². The van der Waals surface area contributed by atoms with E-state index in [9.17, 15) is 9.59 Å². The van der Waals surface area contributed by atoms with E-state index in [1.165, 1.54) is 5.56 Å². The number of urea groups is 1. The molecule has 2 aromatic carbocycles. The van der Waals surface area contributed by atoms with Crippen molar-refractivity contribution in [3.05, 3.63) is 70.2 Å². The fraction of sp³-hybridized carbons (Fsp3) is 0.300. The van der Waals surface area contributed by atoms with Gasteiger partial charge in [-0.1, -0.05) is 61.0 Å². The molecule has 0 radical (unpaired) electrons. The molecular weight excluding hydrogens is 350 g/mol. The van der Waals surface area contributed by atoms with E-state index in [1.807, 2.05) is 12.1 Å². The highest BCUT2D eigenvalue weighted by atomic mass is 35.5. The van der Waals surface area contributed by atoms with Crippen molar-refractivity contribution in [2.24, 2.45) is 5.73 Å². The van der Waals surface area contributed by atoms with Gasteiger partial charge in [-0.3, -0.25) is 4.79 Å². The van der Waals surface area contributed by atoms with E-state index in [0.29, 0.717) is 17.1 Å². The normalized spacial score (nSPS) is 11.7. The molecule has 0 aliphatic heterocycles. The fourth-order valence-corrected chi connectivity index (χ4v) is 3.01. The van der Waals surface area contributed by atoms with Crippen LogP contribution in [0.5, 0.6) is 0 Å². The van der Waals surface area contributed by atoms with Gasteiger partial charge in [0.15, 0.2) is 0 Å². The van der Waals surface area contributed by atoms with Crippen molar-refractivity contribution < 1.29 is 9.59 Å². The van der Waals surface area contributed by atoms with Crippen LogP contribution in [0.3, 0.4) is 0 Å². The number of halogens is 1. The number of primary amides is 1. The maximum absolute atomic E-state index is 12.6. The average Bonchev–Trinajstić information content (AvgIpc) is 2.61. The third-order valence-electron chi connectivity index (χ3n) is 4.25. The zero-order chi connectivity index (χ0) is 19.1. The van der Waals surface area contributed by atoms with E-state index in [1.54, 1.807) is 36.2 Å². The van der Waals surface area contributed by atoms with E-state index in [0.717, 1.165) is 12.0 Å². The monoisotopic (exact) mass is 373 g/mol. The lowest BCUT2D eigenvalue weighted by molar-refractivity contribution is -0.130. The van der Waals surface area contributed by atoms with Crippen LogP contribution in [0.15, 0.2) is 48.5 Å². The Morgan fingerprint density at radius 3 is 2.31 bits per heavy atom. The van der Waals surface area contributed by atoms with E-state index >= 15 is 0 Å². The second-order valence-corrected chi connectivity index (χ2v) is 6.61. The highest BCUT2D eigenvalue weighted by Crippen LogP contribution is 2.25. The van der Waals surface area contributed by atoms with Crippen LogP contribution >= 0.6 is 11.6 Å². The number of nitrogens with zero attached hydrogens (tertiary/aromatic N) is 1. The molecule has 0 aromatic heterocycles. The van der Waals surface area contributed by atoms with Crippen LogP contribution in [-0.2, 0) is 17.8 Å². The predicted octanol–water partition coefficient (Wildman–Crippen LogP) is 3.66. The molecule has 1 unspecified atom stereocenters. The molecular formula is C20H24ClN3O2. The van der Waals surface area contributed by atoms with Crippen LogP contribution in [0.25, 0.3) is 0 Å². The minimum atomic E-state index is -0.694. The highest BCUT2D eigenvalue weighted by molar-refractivity contribution is 6.31. The Morgan fingerprint density at radius 2 is 1.73 bits per heavy atom. The number of hydrogen-bond donors (Lipinski definition) is 2. The quantitative estimate of drug-likeness (QED) is 0.777. The third-order valence-corrected chi connectivity index (χ3v) is 4.60. The number of hydrogen-bond acceptors (Lipinski definition) is 2. The molecule has 1 atom stereocenters. The van der Waals surface area contributed by atoms with E-state index in [4.69, 9.17) is 17.3 Å². The first-order valence-corrected chi connectivity index (χ1v) is 8.90. The summed E-state index contributed by atoms with van der Waals surface area (Å²) >= 11 is 6.21. The lowest BCUT2D eigenvalue weighted by Gasteiger charge is -2.23. The van der Waals surface area contributed by atoms with Crippen LogP contribution in [0.4, 0.5) is 4.79 Å². The molecule has 0 heterocycles. The molecule has 0 bridgehead atoms. The van der Waals surface area contributed by atoms with Crippen molar-refractivity contribution in [2.45, 2.75) is 32.4 Å². The number of benzene rings is 2. The summed E-state index contributed by atoms with van der Waals surface area (Å²) in [5.41, 5.74) is 8.24. The van der Waals surface area contributed by atoms with Gasteiger partial charge in [-0.2, -0.15) is 0 Å². The van der Waals surface area contributed by atoms with Gasteiger partial charge < -0.3 is 16.0 Å². The summed E-state index contributed by atoms with van der Waals surface area (Å²) in [5, 5.41) is 3.09. The molecule has 0 saturated heterocycles. The molecule has 3 N–H and O–H groups in total. The van der Waals surface area contributed by atoms with Gasteiger partial charge >= 0.3 is 6.03 Å². The fourth-order valence-electron chi connectivity index (χ4n) is 2.74. The molecule has 0 aliphatic carbocycles. The number of amides is 3. The van der Waals surface area contributed by atoms with Gasteiger partial charge in [0.05, 0.1) is 12.5 Å². The lowest BCUT2D eigenvalue weighted by atomic mass is 10.0. The second-order valence-electron chi connectivity index (χ2n) is 6.21. The van der Waals surface area contributed by atoms with Crippen LogP contribution in [0, 0.1) is 0 Å². The van der Waals surface area contributed by atoms with Crippen molar-refractivity contribution in [2.75, 3.05) is 7.05 Å². The van der Waals surface area contributed by atoms with Crippen LogP contribution < -0.4 is 11.1 Å². The van der Waals surface area contributed by atoms with Crippen LogP contribution in [-0.4, -0.2) is 23.9 Å². The van der Waals surface area contributed by atoms with E-state index < -0.39 is 12.1 Å². The molecule has 0 fully saturated rings. The first-order valence-electron chi connectivity index (χ1n) is 8.53. The van der Waals surface area contributed by atoms with Gasteiger partial charge in [0.25, 0.3) is 0 Å². The molecule has 5 nitrogen and oxygen atoms in total. The van der Waals surface area contributed by atoms with Crippen molar-refractivity contribution in [1.82, 2.24) is 10.2 Å². The Labute approximate surface area is 159 Å². The number of carbonyl (C=O) groups is 2. The van der Waals surface area contributed by atoms with E-state index in [-0.39, 0.29) is 12.3 Å². The summed E-state index contributed by atoms with van der Waals surface area (Å²) in [6, 6.07) is 14.0. The van der Waals surface area contributed by atoms with Crippen molar-refractivity contribution >= 4 is 23.5 Å². The molecule has 2 rings (SSSR count). The van der Waals surface area contributed by atoms with Crippen molar-refractivity contribution in [3.8, 4) is 0 Å². The van der Waals surface area contributed by atoms with Gasteiger partial charge in [0.2, 0.25) is 5.91 Å².